The summed E-state index contributed by atoms with van der Waals surface area (Å²) in [7, 11) is 0. The predicted molar refractivity (Wildman–Crippen MR) is 96.8 cm³/mol. The molecule has 106 valence electrons. The molecule has 0 spiro atoms. The van der Waals surface area contributed by atoms with E-state index in [1.807, 2.05) is 6.08 Å². The summed E-state index contributed by atoms with van der Waals surface area (Å²) < 4.78 is 0. The van der Waals surface area contributed by atoms with Gasteiger partial charge in [0.25, 0.3) is 6.71 Å². The van der Waals surface area contributed by atoms with Crippen molar-refractivity contribution in [1.29, 1.82) is 0 Å². The average Bonchev–Trinajstić information content (AvgIpc) is 2.56. The lowest BCUT2D eigenvalue weighted by atomic mass is 9.33. The number of rotatable bonds is 2. The maximum absolute atomic E-state index is 3.99. The lowest BCUT2D eigenvalue weighted by Crippen LogP contribution is -2.52. The lowest BCUT2D eigenvalue weighted by molar-refractivity contribution is 1.42. The molecule has 0 atom stereocenters. The minimum absolute atomic E-state index is 0.245. The third kappa shape index (κ3) is 1.75. The number of nitrogens with one attached hydrogen (secondary N) is 2. The molecular formula is C19H17BN2. The third-order valence-electron chi connectivity index (χ3n) is 4.38. The molecule has 2 heterocycles. The third-order valence-corrected chi connectivity index (χ3v) is 4.38. The van der Waals surface area contributed by atoms with Crippen LogP contribution in [0, 0.1) is 0 Å². The van der Waals surface area contributed by atoms with E-state index in [9.17, 15) is 0 Å². The fourth-order valence-corrected chi connectivity index (χ4v) is 3.49. The van der Waals surface area contributed by atoms with Crippen molar-refractivity contribution in [2.75, 3.05) is 10.6 Å². The zero-order valence-electron chi connectivity index (χ0n) is 12.6. The van der Waals surface area contributed by atoms with Crippen molar-refractivity contribution in [2.45, 2.75) is 6.92 Å². The summed E-state index contributed by atoms with van der Waals surface area (Å²) in [5.41, 5.74) is 8.52. The Bertz CT molecular complexity index is 833. The minimum Gasteiger partial charge on any atom is -0.356 e. The fourth-order valence-electron chi connectivity index (χ4n) is 3.49. The molecule has 22 heavy (non-hydrogen) atoms. The van der Waals surface area contributed by atoms with E-state index in [1.54, 1.807) is 0 Å². The first-order chi connectivity index (χ1) is 10.8. The van der Waals surface area contributed by atoms with Gasteiger partial charge in [0.05, 0.1) is 0 Å². The van der Waals surface area contributed by atoms with Gasteiger partial charge >= 0.3 is 0 Å². The quantitative estimate of drug-likeness (QED) is 0.827. The summed E-state index contributed by atoms with van der Waals surface area (Å²) in [6.45, 7) is 6.29. The van der Waals surface area contributed by atoms with Gasteiger partial charge in [-0.1, -0.05) is 43.0 Å². The van der Waals surface area contributed by atoms with Crippen molar-refractivity contribution in [3.8, 4) is 0 Å². The second-order valence-electron chi connectivity index (χ2n) is 5.61. The summed E-state index contributed by atoms with van der Waals surface area (Å²) in [5.74, 6) is 0. The number of fused-ring (bicyclic) bond motifs is 2. The van der Waals surface area contributed by atoms with Gasteiger partial charge in [-0.2, -0.15) is 0 Å². The molecule has 2 aromatic carbocycles. The van der Waals surface area contributed by atoms with Gasteiger partial charge in [-0.3, -0.25) is 0 Å². The first-order valence-electron chi connectivity index (χ1n) is 7.58. The van der Waals surface area contributed by atoms with E-state index in [-0.39, 0.29) is 6.71 Å². The molecule has 2 N–H and O–H groups in total. The van der Waals surface area contributed by atoms with Crippen molar-refractivity contribution in [3.63, 3.8) is 0 Å². The van der Waals surface area contributed by atoms with Crippen molar-refractivity contribution in [3.05, 3.63) is 78.4 Å². The van der Waals surface area contributed by atoms with E-state index in [1.165, 1.54) is 27.8 Å². The number of hydrogen-bond donors (Lipinski definition) is 2. The Labute approximate surface area is 131 Å². The van der Waals surface area contributed by atoms with Gasteiger partial charge < -0.3 is 10.6 Å². The number of allylic oxidation sites excluding steroid dienone is 4. The smallest absolute Gasteiger partial charge is 0.252 e. The van der Waals surface area contributed by atoms with Crippen LogP contribution < -0.4 is 21.6 Å². The zero-order valence-corrected chi connectivity index (χ0v) is 12.6. The van der Waals surface area contributed by atoms with Gasteiger partial charge in [-0.15, -0.1) is 0 Å². The Balaban J connectivity index is 2.05. The average molecular weight is 284 g/mol. The fraction of sp³-hybridized carbons (Fsp3) is 0.0526. The SMILES string of the molecule is C=CC1=C(/C=C\C)B2c3ccccc3Nc3cccc(c32)N1. The lowest BCUT2D eigenvalue weighted by Gasteiger charge is -2.34. The highest BCUT2D eigenvalue weighted by Crippen LogP contribution is 2.31. The first-order valence-corrected chi connectivity index (χ1v) is 7.58. The van der Waals surface area contributed by atoms with Crippen LogP contribution in [-0.2, 0) is 0 Å². The first kappa shape index (κ1) is 13.0. The van der Waals surface area contributed by atoms with Crippen LogP contribution in [0.5, 0.6) is 0 Å². The standard InChI is InChI=1S/C19H17BN2/c1-3-8-13-15(4-2)21-17-11-7-12-18-19(17)20(13)14-9-5-6-10-16(14)22-18/h3-12,21-22H,2H2,1H3/b8-3-. The highest BCUT2D eigenvalue weighted by atomic mass is 14.9. The van der Waals surface area contributed by atoms with Crippen molar-refractivity contribution >= 4 is 34.7 Å². The number of para-hydroxylation sites is 1. The van der Waals surface area contributed by atoms with Crippen LogP contribution in [0.4, 0.5) is 17.1 Å². The minimum atomic E-state index is 0.245. The Morgan fingerprint density at radius 2 is 1.68 bits per heavy atom. The molecule has 0 bridgehead atoms. The molecule has 2 aliphatic heterocycles. The summed E-state index contributed by atoms with van der Waals surface area (Å²) >= 11 is 0. The van der Waals surface area contributed by atoms with Gasteiger partial charge in [0.2, 0.25) is 0 Å². The maximum atomic E-state index is 3.99. The normalized spacial score (nSPS) is 15.0. The second kappa shape index (κ2) is 4.95. The number of benzene rings is 2. The van der Waals surface area contributed by atoms with Crippen LogP contribution >= 0.6 is 0 Å². The molecule has 3 heteroatoms. The molecule has 2 aromatic rings. The van der Waals surface area contributed by atoms with Crippen molar-refractivity contribution < 1.29 is 0 Å². The van der Waals surface area contributed by atoms with Crippen LogP contribution in [0.3, 0.4) is 0 Å². The van der Waals surface area contributed by atoms with Crippen LogP contribution in [0.25, 0.3) is 0 Å². The predicted octanol–water partition coefficient (Wildman–Crippen LogP) is 3.33. The molecule has 0 amide bonds. The van der Waals surface area contributed by atoms with E-state index in [4.69, 9.17) is 0 Å². The molecule has 0 saturated carbocycles. The molecule has 0 unspecified atom stereocenters. The highest BCUT2D eigenvalue weighted by Gasteiger charge is 2.36. The molecule has 4 rings (SSSR count). The maximum Gasteiger partial charge on any atom is 0.252 e. The summed E-state index contributed by atoms with van der Waals surface area (Å²) in [4.78, 5) is 0. The molecule has 0 aromatic heterocycles. The van der Waals surface area contributed by atoms with E-state index in [2.05, 4.69) is 78.8 Å². The van der Waals surface area contributed by atoms with E-state index in [0.29, 0.717) is 0 Å². The molecule has 0 fully saturated rings. The van der Waals surface area contributed by atoms with E-state index >= 15 is 0 Å². The molecule has 0 saturated heterocycles. The highest BCUT2D eigenvalue weighted by molar-refractivity contribution is 6.95. The van der Waals surface area contributed by atoms with E-state index < -0.39 is 0 Å². The summed E-state index contributed by atoms with van der Waals surface area (Å²) in [6.07, 6.45) is 6.20. The number of hydrogen-bond acceptors (Lipinski definition) is 2. The van der Waals surface area contributed by atoms with Crippen LogP contribution in [0.1, 0.15) is 6.92 Å². The molecule has 0 aliphatic carbocycles. The Morgan fingerprint density at radius 3 is 2.45 bits per heavy atom. The zero-order chi connectivity index (χ0) is 15.1. The van der Waals surface area contributed by atoms with Gasteiger partial charge in [0.1, 0.15) is 0 Å². The largest absolute Gasteiger partial charge is 0.356 e. The molecular weight excluding hydrogens is 267 g/mol. The Kier molecular flexibility index (Phi) is 2.93. The summed E-state index contributed by atoms with van der Waals surface area (Å²) in [6, 6.07) is 14.9. The Hall–Kier alpha value is -2.68. The molecule has 2 nitrogen and oxygen atoms in total. The monoisotopic (exact) mass is 284 g/mol. The second-order valence-corrected chi connectivity index (χ2v) is 5.61. The van der Waals surface area contributed by atoms with Gasteiger partial charge in [0.15, 0.2) is 0 Å². The molecule has 0 radical (unpaired) electrons. The van der Waals surface area contributed by atoms with Gasteiger partial charge in [0, 0.05) is 22.8 Å². The molecule has 2 aliphatic rings. The Morgan fingerprint density at radius 1 is 0.955 bits per heavy atom. The van der Waals surface area contributed by atoms with Crippen molar-refractivity contribution in [2.24, 2.45) is 0 Å². The summed E-state index contributed by atoms with van der Waals surface area (Å²) in [5, 5.41) is 7.08. The van der Waals surface area contributed by atoms with Crippen LogP contribution in [-0.4, -0.2) is 6.71 Å². The van der Waals surface area contributed by atoms with Gasteiger partial charge in [-0.25, -0.2) is 0 Å². The topological polar surface area (TPSA) is 24.1 Å². The van der Waals surface area contributed by atoms with Gasteiger partial charge in [-0.05, 0) is 47.6 Å². The van der Waals surface area contributed by atoms with E-state index in [0.717, 1.165) is 11.4 Å². The van der Waals surface area contributed by atoms with Crippen LogP contribution in [0.2, 0.25) is 0 Å². The number of anilines is 3. The van der Waals surface area contributed by atoms with Crippen molar-refractivity contribution in [1.82, 2.24) is 0 Å². The van der Waals surface area contributed by atoms with Crippen LogP contribution in [0.15, 0.2) is 78.4 Å².